The maximum absolute atomic E-state index is 13.5. The van der Waals surface area contributed by atoms with E-state index in [1.165, 1.54) is 11.0 Å². The number of halogens is 1. The number of morpholine rings is 1. The zero-order chi connectivity index (χ0) is 26.2. The number of sulfone groups is 1. The summed E-state index contributed by atoms with van der Waals surface area (Å²) in [7, 11) is -3.99. The highest BCUT2D eigenvalue weighted by Gasteiger charge is 2.35. The zero-order valence-corrected chi connectivity index (χ0v) is 22.9. The number of anilines is 1. The highest BCUT2D eigenvalue weighted by molar-refractivity contribution is 8.26. The Labute approximate surface area is 229 Å². The van der Waals surface area contributed by atoms with Crippen molar-refractivity contribution in [1.82, 2.24) is 9.88 Å². The van der Waals surface area contributed by atoms with E-state index in [1.807, 2.05) is 25.1 Å². The van der Waals surface area contributed by atoms with Crippen LogP contribution in [-0.4, -0.2) is 54.8 Å². The van der Waals surface area contributed by atoms with Crippen molar-refractivity contribution in [2.75, 3.05) is 31.2 Å². The first-order chi connectivity index (χ1) is 17.7. The molecule has 0 atom stereocenters. The van der Waals surface area contributed by atoms with Crippen LogP contribution in [0.25, 0.3) is 6.08 Å². The first-order valence-corrected chi connectivity index (χ1v) is 14.5. The summed E-state index contributed by atoms with van der Waals surface area (Å²) in [6, 6.07) is 13.8. The van der Waals surface area contributed by atoms with Gasteiger partial charge in [0.1, 0.15) is 4.32 Å². The molecule has 0 saturated carbocycles. The number of nitrogens with zero attached hydrogens (tertiary/aromatic N) is 3. The van der Waals surface area contributed by atoms with Gasteiger partial charge in [-0.2, -0.15) is 4.98 Å². The molecule has 3 heterocycles. The van der Waals surface area contributed by atoms with Crippen molar-refractivity contribution >= 4 is 67.6 Å². The molecule has 2 aliphatic rings. The van der Waals surface area contributed by atoms with E-state index in [-0.39, 0.29) is 39.1 Å². The number of hydrogen-bond donors (Lipinski definition) is 0. The predicted molar refractivity (Wildman–Crippen MR) is 146 cm³/mol. The van der Waals surface area contributed by atoms with Gasteiger partial charge in [0, 0.05) is 24.2 Å². The molecule has 12 heteroatoms. The fraction of sp³-hybridized carbons (Fsp3) is 0.240. The molecule has 1 amide bonds. The number of carbonyl (C=O) groups excluding carboxylic acids is 1. The molecule has 0 spiro atoms. The average molecular weight is 576 g/mol. The minimum atomic E-state index is -3.99. The third kappa shape index (κ3) is 5.32. The van der Waals surface area contributed by atoms with E-state index in [2.05, 4.69) is 4.98 Å². The Balaban J connectivity index is 1.50. The van der Waals surface area contributed by atoms with Crippen LogP contribution in [0.5, 0.6) is 0 Å². The van der Waals surface area contributed by atoms with Crippen molar-refractivity contribution < 1.29 is 22.4 Å². The summed E-state index contributed by atoms with van der Waals surface area (Å²) in [4.78, 5) is 21.1. The van der Waals surface area contributed by atoms with Crippen molar-refractivity contribution in [3.05, 3.63) is 75.5 Å². The lowest BCUT2D eigenvalue weighted by Gasteiger charge is -2.26. The Morgan fingerprint density at radius 1 is 1.14 bits per heavy atom. The van der Waals surface area contributed by atoms with E-state index in [1.54, 1.807) is 35.2 Å². The molecule has 0 N–H and O–H groups in total. The van der Waals surface area contributed by atoms with Crippen LogP contribution in [0.15, 0.2) is 67.8 Å². The molecule has 5 rings (SSSR count). The quantitative estimate of drug-likeness (QED) is 0.306. The van der Waals surface area contributed by atoms with Crippen LogP contribution >= 0.6 is 35.6 Å². The standard InChI is InChI=1S/C25H22ClN3O5S3/c1-16-6-8-18(9-7-16)37(31,32)22-24(28-10-12-33-13-11-28)34-21(27-22)14-20-23(30)29(25(35)36-20)15-17-4-2-3-5-19(17)26/h2-9,14H,10-13,15H2,1H3/b20-14-. The largest absolute Gasteiger partial charge is 0.420 e. The third-order valence-electron chi connectivity index (χ3n) is 5.89. The number of aryl methyl sites for hydroxylation is 1. The van der Waals surface area contributed by atoms with Gasteiger partial charge >= 0.3 is 0 Å². The van der Waals surface area contributed by atoms with E-state index in [4.69, 9.17) is 33.0 Å². The van der Waals surface area contributed by atoms with Crippen LogP contribution in [0.3, 0.4) is 0 Å². The number of carbonyl (C=O) groups is 1. The lowest BCUT2D eigenvalue weighted by Crippen LogP contribution is -2.36. The summed E-state index contributed by atoms with van der Waals surface area (Å²) < 4.78 is 38.8. The Hall–Kier alpha value is -2.70. The van der Waals surface area contributed by atoms with Crippen LogP contribution < -0.4 is 4.90 Å². The molecule has 0 aliphatic carbocycles. The Morgan fingerprint density at radius 3 is 2.54 bits per heavy atom. The van der Waals surface area contributed by atoms with Crippen molar-refractivity contribution in [2.24, 2.45) is 0 Å². The number of hydrogen-bond acceptors (Lipinski definition) is 9. The average Bonchev–Trinajstić information content (AvgIpc) is 3.43. The normalized spacial score (nSPS) is 17.7. The number of thioether (sulfide) groups is 1. The first kappa shape index (κ1) is 25.9. The molecule has 0 bridgehead atoms. The van der Waals surface area contributed by atoms with Gasteiger partial charge in [0.15, 0.2) is 0 Å². The van der Waals surface area contributed by atoms with Crippen molar-refractivity contribution in [3.8, 4) is 0 Å². The third-order valence-corrected chi connectivity index (χ3v) is 9.31. The molecule has 3 aromatic rings. The van der Waals surface area contributed by atoms with Crippen LogP contribution in [0.2, 0.25) is 5.02 Å². The molecule has 37 heavy (non-hydrogen) atoms. The molecule has 0 unspecified atom stereocenters. The molecule has 2 aromatic carbocycles. The lowest BCUT2D eigenvalue weighted by molar-refractivity contribution is -0.122. The lowest BCUT2D eigenvalue weighted by atomic mass is 10.2. The second kappa shape index (κ2) is 10.6. The molecule has 2 aliphatic heterocycles. The van der Waals surface area contributed by atoms with Crippen LogP contribution in [0.4, 0.5) is 5.88 Å². The summed E-state index contributed by atoms with van der Waals surface area (Å²) in [5.74, 6) is -0.198. The number of aromatic nitrogens is 1. The van der Waals surface area contributed by atoms with Gasteiger partial charge < -0.3 is 14.1 Å². The number of rotatable bonds is 6. The van der Waals surface area contributed by atoms with E-state index < -0.39 is 9.84 Å². The summed E-state index contributed by atoms with van der Waals surface area (Å²) >= 11 is 12.8. The SMILES string of the molecule is Cc1ccc(S(=O)(=O)c2nc(/C=C3\SC(=S)N(Cc4ccccc4Cl)C3=O)oc2N2CCOCC2)cc1. The second-order valence-electron chi connectivity index (χ2n) is 8.44. The summed E-state index contributed by atoms with van der Waals surface area (Å²) in [5.41, 5.74) is 1.70. The Kier molecular flexibility index (Phi) is 7.42. The van der Waals surface area contributed by atoms with Gasteiger partial charge in [0.05, 0.1) is 29.6 Å². The van der Waals surface area contributed by atoms with Gasteiger partial charge in [-0.3, -0.25) is 9.69 Å². The zero-order valence-electron chi connectivity index (χ0n) is 19.7. The van der Waals surface area contributed by atoms with Gasteiger partial charge in [-0.1, -0.05) is 71.5 Å². The van der Waals surface area contributed by atoms with Crippen molar-refractivity contribution in [1.29, 1.82) is 0 Å². The fourth-order valence-electron chi connectivity index (χ4n) is 3.89. The first-order valence-electron chi connectivity index (χ1n) is 11.4. The molecule has 8 nitrogen and oxygen atoms in total. The van der Waals surface area contributed by atoms with E-state index >= 15 is 0 Å². The van der Waals surface area contributed by atoms with Crippen LogP contribution in [0, 0.1) is 6.92 Å². The molecule has 1 aromatic heterocycles. The second-order valence-corrected chi connectivity index (χ2v) is 12.4. The van der Waals surface area contributed by atoms with Gasteiger partial charge in [-0.25, -0.2) is 8.42 Å². The van der Waals surface area contributed by atoms with Gasteiger partial charge in [-0.15, -0.1) is 0 Å². The van der Waals surface area contributed by atoms with E-state index in [0.717, 1.165) is 22.9 Å². The van der Waals surface area contributed by atoms with E-state index in [0.29, 0.717) is 35.6 Å². The number of thiocarbonyl (C=S) groups is 1. The Bertz CT molecular complexity index is 1500. The molecule has 2 fully saturated rings. The Morgan fingerprint density at radius 2 is 1.84 bits per heavy atom. The van der Waals surface area contributed by atoms with Crippen molar-refractivity contribution in [3.63, 3.8) is 0 Å². The maximum Gasteiger partial charge on any atom is 0.266 e. The minimum Gasteiger partial charge on any atom is -0.420 e. The summed E-state index contributed by atoms with van der Waals surface area (Å²) in [6.07, 6.45) is 1.43. The van der Waals surface area contributed by atoms with Crippen molar-refractivity contribution in [2.45, 2.75) is 23.4 Å². The monoisotopic (exact) mass is 575 g/mol. The minimum absolute atomic E-state index is 0.00502. The molecule has 2 saturated heterocycles. The van der Waals surface area contributed by atoms with Gasteiger partial charge in [-0.05, 0) is 30.7 Å². The maximum atomic E-state index is 13.5. The molecule has 192 valence electrons. The molecule has 0 radical (unpaired) electrons. The molecular weight excluding hydrogens is 554 g/mol. The fourth-order valence-corrected chi connectivity index (χ4v) is 6.63. The number of amides is 1. The van der Waals surface area contributed by atoms with Crippen LogP contribution in [0.1, 0.15) is 17.0 Å². The summed E-state index contributed by atoms with van der Waals surface area (Å²) in [6.45, 7) is 3.86. The summed E-state index contributed by atoms with van der Waals surface area (Å²) in [5, 5.41) is 0.338. The number of oxazole rings is 1. The number of ether oxygens (including phenoxy) is 1. The van der Waals surface area contributed by atoms with E-state index in [9.17, 15) is 13.2 Å². The van der Waals surface area contributed by atoms with Gasteiger partial charge in [0.25, 0.3) is 5.91 Å². The highest BCUT2D eigenvalue weighted by atomic mass is 35.5. The molecular formula is C25H22ClN3O5S3. The predicted octanol–water partition coefficient (Wildman–Crippen LogP) is 4.71. The topological polar surface area (TPSA) is 93.0 Å². The highest BCUT2D eigenvalue weighted by Crippen LogP contribution is 2.37. The smallest absolute Gasteiger partial charge is 0.266 e. The van der Waals surface area contributed by atoms with Crippen LogP contribution in [-0.2, 0) is 25.9 Å². The van der Waals surface area contributed by atoms with Gasteiger partial charge in [0.2, 0.25) is 26.6 Å². The number of benzene rings is 2.